The Morgan fingerprint density at radius 1 is 1.09 bits per heavy atom. The number of nitrogens with zero attached hydrogens (tertiary/aromatic N) is 3. The van der Waals surface area contributed by atoms with Crippen LogP contribution in [-0.2, 0) is 9.53 Å². The number of benzene rings is 1. The van der Waals surface area contributed by atoms with Crippen LogP contribution in [0.25, 0.3) is 0 Å². The third-order valence-corrected chi connectivity index (χ3v) is 4.74. The van der Waals surface area contributed by atoms with Crippen LogP contribution >= 0.6 is 0 Å². The average Bonchev–Trinajstić information content (AvgIpc) is 2.61. The van der Waals surface area contributed by atoms with E-state index in [4.69, 9.17) is 4.74 Å². The molecule has 0 saturated carbocycles. The topological polar surface area (TPSA) is 36.0 Å². The summed E-state index contributed by atoms with van der Waals surface area (Å²) in [5.74, 6) is 0.292. The van der Waals surface area contributed by atoms with Crippen molar-refractivity contribution in [3.63, 3.8) is 0 Å². The van der Waals surface area contributed by atoms with E-state index in [0.29, 0.717) is 12.3 Å². The number of piperazine rings is 1. The van der Waals surface area contributed by atoms with Gasteiger partial charge in [0.05, 0.1) is 13.2 Å². The van der Waals surface area contributed by atoms with E-state index in [2.05, 4.69) is 41.0 Å². The van der Waals surface area contributed by atoms with Gasteiger partial charge in [-0.15, -0.1) is 0 Å². The number of amides is 1. The van der Waals surface area contributed by atoms with Gasteiger partial charge in [-0.3, -0.25) is 9.69 Å². The van der Waals surface area contributed by atoms with Gasteiger partial charge in [0.25, 0.3) is 0 Å². The molecule has 1 amide bonds. The molecule has 5 heteroatoms. The highest BCUT2D eigenvalue weighted by atomic mass is 16.5. The lowest BCUT2D eigenvalue weighted by Gasteiger charge is -2.36. The molecular formula is C18H27N3O2. The van der Waals surface area contributed by atoms with Crippen LogP contribution in [0.2, 0.25) is 0 Å². The van der Waals surface area contributed by atoms with Crippen molar-refractivity contribution in [3.05, 3.63) is 29.8 Å². The molecule has 0 unspecified atom stereocenters. The SMILES string of the molecule is Cc1cccc(N2CCN(C(=O)CCN3CCOCC3)CC2)c1. The summed E-state index contributed by atoms with van der Waals surface area (Å²) in [4.78, 5) is 19.1. The molecule has 0 atom stereocenters. The van der Waals surface area contributed by atoms with Crippen molar-refractivity contribution in [1.29, 1.82) is 0 Å². The summed E-state index contributed by atoms with van der Waals surface area (Å²) in [5, 5.41) is 0. The van der Waals surface area contributed by atoms with E-state index in [-0.39, 0.29) is 0 Å². The molecule has 2 heterocycles. The second-order valence-corrected chi connectivity index (χ2v) is 6.41. The second kappa shape index (κ2) is 7.79. The van der Waals surface area contributed by atoms with E-state index >= 15 is 0 Å². The fourth-order valence-electron chi connectivity index (χ4n) is 3.28. The van der Waals surface area contributed by atoms with Gasteiger partial charge in [0.2, 0.25) is 5.91 Å². The molecule has 3 rings (SSSR count). The Labute approximate surface area is 138 Å². The Kier molecular flexibility index (Phi) is 5.51. The number of hydrogen-bond acceptors (Lipinski definition) is 4. The third kappa shape index (κ3) is 4.45. The van der Waals surface area contributed by atoms with Gasteiger partial charge in [0, 0.05) is 57.9 Å². The lowest BCUT2D eigenvalue weighted by molar-refractivity contribution is -0.132. The number of anilines is 1. The van der Waals surface area contributed by atoms with Crippen molar-refractivity contribution in [2.45, 2.75) is 13.3 Å². The summed E-state index contributed by atoms with van der Waals surface area (Å²) in [6.07, 6.45) is 0.629. The Morgan fingerprint density at radius 2 is 1.83 bits per heavy atom. The van der Waals surface area contributed by atoms with Crippen LogP contribution in [0.3, 0.4) is 0 Å². The second-order valence-electron chi connectivity index (χ2n) is 6.41. The van der Waals surface area contributed by atoms with Crippen LogP contribution in [0.15, 0.2) is 24.3 Å². The van der Waals surface area contributed by atoms with Gasteiger partial charge in [0.15, 0.2) is 0 Å². The maximum absolute atomic E-state index is 12.4. The lowest BCUT2D eigenvalue weighted by Crippen LogP contribution is -2.49. The van der Waals surface area contributed by atoms with E-state index in [0.717, 1.165) is 59.0 Å². The van der Waals surface area contributed by atoms with Crippen molar-refractivity contribution in [2.24, 2.45) is 0 Å². The van der Waals surface area contributed by atoms with Gasteiger partial charge < -0.3 is 14.5 Å². The third-order valence-electron chi connectivity index (χ3n) is 4.74. The zero-order valence-corrected chi connectivity index (χ0v) is 14.0. The molecule has 0 aliphatic carbocycles. The number of carbonyl (C=O) groups is 1. The molecule has 5 nitrogen and oxygen atoms in total. The smallest absolute Gasteiger partial charge is 0.223 e. The van der Waals surface area contributed by atoms with Gasteiger partial charge in [-0.25, -0.2) is 0 Å². The summed E-state index contributed by atoms with van der Waals surface area (Å²) >= 11 is 0. The van der Waals surface area contributed by atoms with E-state index in [9.17, 15) is 4.79 Å². The summed E-state index contributed by atoms with van der Waals surface area (Å²) < 4.78 is 5.34. The van der Waals surface area contributed by atoms with Crippen LogP contribution in [0.1, 0.15) is 12.0 Å². The van der Waals surface area contributed by atoms with E-state index in [1.54, 1.807) is 0 Å². The number of ether oxygens (including phenoxy) is 1. The molecule has 1 aromatic rings. The number of aryl methyl sites for hydroxylation is 1. The van der Waals surface area contributed by atoms with Gasteiger partial charge in [-0.1, -0.05) is 12.1 Å². The lowest BCUT2D eigenvalue weighted by atomic mass is 10.2. The highest BCUT2D eigenvalue weighted by Gasteiger charge is 2.22. The zero-order valence-electron chi connectivity index (χ0n) is 14.0. The molecule has 0 spiro atoms. The number of morpholine rings is 1. The quantitative estimate of drug-likeness (QED) is 0.840. The summed E-state index contributed by atoms with van der Waals surface area (Å²) in [6, 6.07) is 8.60. The summed E-state index contributed by atoms with van der Waals surface area (Å²) in [7, 11) is 0. The predicted octanol–water partition coefficient (Wildman–Crippen LogP) is 1.37. The van der Waals surface area contributed by atoms with E-state index in [1.807, 2.05) is 4.90 Å². The van der Waals surface area contributed by atoms with E-state index in [1.165, 1.54) is 11.3 Å². The molecule has 1 aromatic carbocycles. The molecule has 126 valence electrons. The Morgan fingerprint density at radius 3 is 2.52 bits per heavy atom. The molecule has 0 bridgehead atoms. The first-order valence-corrected chi connectivity index (χ1v) is 8.62. The minimum absolute atomic E-state index is 0.292. The maximum Gasteiger partial charge on any atom is 0.223 e. The number of carbonyl (C=O) groups excluding carboxylic acids is 1. The molecule has 0 N–H and O–H groups in total. The molecule has 2 aliphatic rings. The van der Waals surface area contributed by atoms with Gasteiger partial charge >= 0.3 is 0 Å². The van der Waals surface area contributed by atoms with Gasteiger partial charge in [-0.05, 0) is 24.6 Å². The summed E-state index contributed by atoms with van der Waals surface area (Å²) in [6.45, 7) is 9.98. The Balaban J connectivity index is 1.43. The first kappa shape index (κ1) is 16.3. The molecule has 2 saturated heterocycles. The standard InChI is InChI=1S/C18H27N3O2/c1-16-3-2-4-17(15-16)20-7-9-21(10-8-20)18(22)5-6-19-11-13-23-14-12-19/h2-4,15H,5-14H2,1H3. The van der Waals surface area contributed by atoms with Crippen molar-refractivity contribution >= 4 is 11.6 Å². The zero-order chi connectivity index (χ0) is 16.1. The number of hydrogen-bond donors (Lipinski definition) is 0. The fourth-order valence-corrected chi connectivity index (χ4v) is 3.28. The Bertz CT molecular complexity index is 521. The number of rotatable bonds is 4. The molecule has 0 radical (unpaired) electrons. The monoisotopic (exact) mass is 317 g/mol. The molecule has 23 heavy (non-hydrogen) atoms. The van der Waals surface area contributed by atoms with Crippen LogP contribution < -0.4 is 4.90 Å². The summed E-state index contributed by atoms with van der Waals surface area (Å²) in [5.41, 5.74) is 2.55. The van der Waals surface area contributed by atoms with Crippen LogP contribution in [0, 0.1) is 6.92 Å². The van der Waals surface area contributed by atoms with Gasteiger partial charge in [-0.2, -0.15) is 0 Å². The van der Waals surface area contributed by atoms with Crippen LogP contribution in [-0.4, -0.2) is 74.7 Å². The molecule has 0 aromatic heterocycles. The predicted molar refractivity (Wildman–Crippen MR) is 91.8 cm³/mol. The average molecular weight is 317 g/mol. The molecule has 2 fully saturated rings. The van der Waals surface area contributed by atoms with E-state index < -0.39 is 0 Å². The van der Waals surface area contributed by atoms with Crippen LogP contribution in [0.4, 0.5) is 5.69 Å². The van der Waals surface area contributed by atoms with Crippen LogP contribution in [0.5, 0.6) is 0 Å². The largest absolute Gasteiger partial charge is 0.379 e. The van der Waals surface area contributed by atoms with Crippen molar-refractivity contribution in [2.75, 3.05) is 63.9 Å². The van der Waals surface area contributed by atoms with Crippen molar-refractivity contribution < 1.29 is 9.53 Å². The fraction of sp³-hybridized carbons (Fsp3) is 0.611. The molecule has 2 aliphatic heterocycles. The van der Waals surface area contributed by atoms with Crippen molar-refractivity contribution in [1.82, 2.24) is 9.80 Å². The maximum atomic E-state index is 12.4. The first-order valence-electron chi connectivity index (χ1n) is 8.62. The van der Waals surface area contributed by atoms with Crippen molar-refractivity contribution in [3.8, 4) is 0 Å². The highest BCUT2D eigenvalue weighted by molar-refractivity contribution is 5.76. The minimum Gasteiger partial charge on any atom is -0.379 e. The molecular weight excluding hydrogens is 290 g/mol. The Hall–Kier alpha value is -1.59. The van der Waals surface area contributed by atoms with Gasteiger partial charge in [0.1, 0.15) is 0 Å². The minimum atomic E-state index is 0.292. The first-order chi connectivity index (χ1) is 11.2. The highest BCUT2D eigenvalue weighted by Crippen LogP contribution is 2.18. The normalized spacial score (nSPS) is 19.9.